The number of unbranched alkanes of at least 4 members (excludes halogenated alkanes) is 1. The van der Waals surface area contributed by atoms with Crippen LogP contribution in [-0.2, 0) is 4.79 Å². The number of hydrogen-bond donors (Lipinski definition) is 1. The topological polar surface area (TPSA) is 38.3 Å². The number of nitrogens with one attached hydrogen (secondary N) is 1. The number of carbonyl (C=O) groups is 1. The Morgan fingerprint density at radius 2 is 2.00 bits per heavy atom. The van der Waals surface area contributed by atoms with Gasteiger partial charge in [-0.3, -0.25) is 4.79 Å². The Bertz CT molecular complexity index is 407. The first-order valence-corrected chi connectivity index (χ1v) is 6.28. The van der Waals surface area contributed by atoms with Crippen molar-refractivity contribution in [3.8, 4) is 5.75 Å². The molecule has 1 amide bonds. The number of amides is 1. The lowest BCUT2D eigenvalue weighted by molar-refractivity contribution is -0.116. The lowest BCUT2D eigenvalue weighted by atomic mass is 10.1. The minimum atomic E-state index is -0.0308. The Morgan fingerprint density at radius 3 is 2.56 bits per heavy atom. The SMILES string of the molecule is CCCCNC(=O)/C=C(\C)c1ccc(OC)cc1. The third-order valence-corrected chi connectivity index (χ3v) is 2.72. The summed E-state index contributed by atoms with van der Waals surface area (Å²) < 4.78 is 5.10. The fraction of sp³-hybridized carbons (Fsp3) is 0.400. The van der Waals surface area contributed by atoms with Crippen LogP contribution >= 0.6 is 0 Å². The highest BCUT2D eigenvalue weighted by Crippen LogP contribution is 2.17. The lowest BCUT2D eigenvalue weighted by Crippen LogP contribution is -2.22. The molecule has 0 fully saturated rings. The molecule has 0 aliphatic carbocycles. The Labute approximate surface area is 109 Å². The molecule has 0 bridgehead atoms. The fourth-order valence-electron chi connectivity index (χ4n) is 1.57. The first-order valence-electron chi connectivity index (χ1n) is 6.28. The van der Waals surface area contributed by atoms with Crippen molar-refractivity contribution in [2.24, 2.45) is 0 Å². The van der Waals surface area contributed by atoms with Gasteiger partial charge in [0.1, 0.15) is 5.75 Å². The summed E-state index contributed by atoms with van der Waals surface area (Å²) in [5.41, 5.74) is 1.98. The molecule has 0 saturated carbocycles. The molecular weight excluding hydrogens is 226 g/mol. The van der Waals surface area contributed by atoms with Gasteiger partial charge in [0, 0.05) is 12.6 Å². The zero-order valence-corrected chi connectivity index (χ0v) is 11.3. The van der Waals surface area contributed by atoms with E-state index < -0.39 is 0 Å². The Kier molecular flexibility index (Phi) is 5.98. The second-order valence-corrected chi connectivity index (χ2v) is 4.20. The van der Waals surface area contributed by atoms with E-state index in [9.17, 15) is 4.79 Å². The highest BCUT2D eigenvalue weighted by atomic mass is 16.5. The number of benzene rings is 1. The van der Waals surface area contributed by atoms with Crippen LogP contribution in [-0.4, -0.2) is 19.6 Å². The van der Waals surface area contributed by atoms with Crippen LogP contribution in [0.3, 0.4) is 0 Å². The molecule has 0 heterocycles. The standard InChI is InChI=1S/C15H21NO2/c1-4-5-10-16-15(17)11-12(2)13-6-8-14(18-3)9-7-13/h6-9,11H,4-5,10H2,1-3H3,(H,16,17)/b12-11+. The highest BCUT2D eigenvalue weighted by molar-refractivity contribution is 5.94. The monoisotopic (exact) mass is 247 g/mol. The molecule has 0 aromatic heterocycles. The maximum atomic E-state index is 11.6. The molecule has 0 radical (unpaired) electrons. The Morgan fingerprint density at radius 1 is 1.33 bits per heavy atom. The van der Waals surface area contributed by atoms with Crippen molar-refractivity contribution >= 4 is 11.5 Å². The number of rotatable bonds is 6. The van der Waals surface area contributed by atoms with E-state index in [-0.39, 0.29) is 5.91 Å². The number of ether oxygens (including phenoxy) is 1. The highest BCUT2D eigenvalue weighted by Gasteiger charge is 2.00. The quantitative estimate of drug-likeness (QED) is 0.620. The second-order valence-electron chi connectivity index (χ2n) is 4.20. The van der Waals surface area contributed by atoms with E-state index in [1.54, 1.807) is 13.2 Å². The van der Waals surface area contributed by atoms with E-state index in [1.165, 1.54) is 0 Å². The molecule has 1 aromatic rings. The van der Waals surface area contributed by atoms with Gasteiger partial charge in [0.05, 0.1) is 7.11 Å². The lowest BCUT2D eigenvalue weighted by Gasteiger charge is -2.05. The number of hydrogen-bond acceptors (Lipinski definition) is 2. The summed E-state index contributed by atoms with van der Waals surface area (Å²) in [6.45, 7) is 4.77. The maximum Gasteiger partial charge on any atom is 0.244 e. The first-order chi connectivity index (χ1) is 8.67. The summed E-state index contributed by atoms with van der Waals surface area (Å²) in [5.74, 6) is 0.788. The zero-order chi connectivity index (χ0) is 13.4. The van der Waals surface area contributed by atoms with Crippen molar-refractivity contribution in [3.63, 3.8) is 0 Å². The number of allylic oxidation sites excluding steroid dienone is 1. The molecule has 1 N–H and O–H groups in total. The van der Waals surface area contributed by atoms with Gasteiger partial charge in [-0.25, -0.2) is 0 Å². The molecule has 3 nitrogen and oxygen atoms in total. The summed E-state index contributed by atoms with van der Waals surface area (Å²) in [6, 6.07) is 7.68. The van der Waals surface area contributed by atoms with Gasteiger partial charge >= 0.3 is 0 Å². The fourth-order valence-corrected chi connectivity index (χ4v) is 1.57. The molecule has 0 spiro atoms. The average molecular weight is 247 g/mol. The summed E-state index contributed by atoms with van der Waals surface area (Å²) >= 11 is 0. The van der Waals surface area contributed by atoms with E-state index in [1.807, 2.05) is 31.2 Å². The van der Waals surface area contributed by atoms with Crippen LogP contribution in [0.1, 0.15) is 32.3 Å². The predicted octanol–water partition coefficient (Wildman–Crippen LogP) is 3.01. The molecule has 0 aliphatic rings. The van der Waals surface area contributed by atoms with Gasteiger partial charge in [-0.15, -0.1) is 0 Å². The molecule has 18 heavy (non-hydrogen) atoms. The molecular formula is C15H21NO2. The van der Waals surface area contributed by atoms with Crippen molar-refractivity contribution in [1.82, 2.24) is 5.32 Å². The predicted molar refractivity (Wildman–Crippen MR) is 74.6 cm³/mol. The zero-order valence-electron chi connectivity index (χ0n) is 11.3. The van der Waals surface area contributed by atoms with E-state index in [4.69, 9.17) is 4.74 Å². The molecule has 1 rings (SSSR count). The van der Waals surface area contributed by atoms with Crippen molar-refractivity contribution in [1.29, 1.82) is 0 Å². The van der Waals surface area contributed by atoms with E-state index in [2.05, 4.69) is 12.2 Å². The summed E-state index contributed by atoms with van der Waals surface area (Å²) in [4.78, 5) is 11.6. The van der Waals surface area contributed by atoms with Crippen LogP contribution in [0.25, 0.3) is 5.57 Å². The van der Waals surface area contributed by atoms with Crippen molar-refractivity contribution in [2.75, 3.05) is 13.7 Å². The van der Waals surface area contributed by atoms with Gasteiger partial charge in [-0.2, -0.15) is 0 Å². The summed E-state index contributed by atoms with van der Waals surface area (Å²) in [5, 5.41) is 2.87. The molecule has 0 atom stereocenters. The summed E-state index contributed by atoms with van der Waals surface area (Å²) in [6.07, 6.45) is 3.74. The maximum absolute atomic E-state index is 11.6. The molecule has 0 unspecified atom stereocenters. The molecule has 0 saturated heterocycles. The average Bonchev–Trinajstić information content (AvgIpc) is 2.39. The van der Waals surface area contributed by atoms with Gasteiger partial charge in [0.2, 0.25) is 5.91 Å². The van der Waals surface area contributed by atoms with Gasteiger partial charge < -0.3 is 10.1 Å². The van der Waals surface area contributed by atoms with Gasteiger partial charge in [0.15, 0.2) is 0 Å². The largest absolute Gasteiger partial charge is 0.497 e. The molecule has 98 valence electrons. The minimum absolute atomic E-state index is 0.0308. The van der Waals surface area contributed by atoms with E-state index in [0.29, 0.717) is 0 Å². The molecule has 3 heteroatoms. The van der Waals surface area contributed by atoms with Gasteiger partial charge in [0.25, 0.3) is 0 Å². The van der Waals surface area contributed by atoms with E-state index >= 15 is 0 Å². The van der Waals surface area contributed by atoms with Crippen LogP contribution in [0.2, 0.25) is 0 Å². The first kappa shape index (κ1) is 14.3. The third-order valence-electron chi connectivity index (χ3n) is 2.72. The number of methoxy groups -OCH3 is 1. The van der Waals surface area contributed by atoms with Crippen molar-refractivity contribution in [2.45, 2.75) is 26.7 Å². The van der Waals surface area contributed by atoms with Crippen molar-refractivity contribution in [3.05, 3.63) is 35.9 Å². The van der Waals surface area contributed by atoms with Crippen LogP contribution in [0.5, 0.6) is 5.75 Å². The normalized spacial score (nSPS) is 11.2. The Balaban J connectivity index is 2.61. The summed E-state index contributed by atoms with van der Waals surface area (Å²) in [7, 11) is 1.64. The molecule has 1 aromatic carbocycles. The second kappa shape index (κ2) is 7.54. The van der Waals surface area contributed by atoms with Crippen molar-refractivity contribution < 1.29 is 9.53 Å². The van der Waals surface area contributed by atoms with Crippen LogP contribution in [0.15, 0.2) is 30.3 Å². The van der Waals surface area contributed by atoms with Crippen LogP contribution in [0, 0.1) is 0 Å². The number of carbonyl (C=O) groups excluding carboxylic acids is 1. The third kappa shape index (κ3) is 4.62. The van der Waals surface area contributed by atoms with Gasteiger partial charge in [-0.05, 0) is 36.6 Å². The van der Waals surface area contributed by atoms with Crippen LogP contribution < -0.4 is 10.1 Å². The Hall–Kier alpha value is -1.77. The van der Waals surface area contributed by atoms with Gasteiger partial charge in [-0.1, -0.05) is 25.5 Å². The minimum Gasteiger partial charge on any atom is -0.497 e. The van der Waals surface area contributed by atoms with E-state index in [0.717, 1.165) is 36.3 Å². The van der Waals surface area contributed by atoms with Crippen LogP contribution in [0.4, 0.5) is 0 Å². The molecule has 0 aliphatic heterocycles. The smallest absolute Gasteiger partial charge is 0.244 e.